The molecule has 3 N–H and O–H groups in total. The quantitative estimate of drug-likeness (QED) is 0.801. The van der Waals surface area contributed by atoms with Gasteiger partial charge in [-0.25, -0.2) is 9.18 Å². The maximum Gasteiger partial charge on any atom is 0.318 e. The summed E-state index contributed by atoms with van der Waals surface area (Å²) in [5.74, 6) is -0.634. The molecule has 0 fully saturated rings. The average molecular weight is 351 g/mol. The van der Waals surface area contributed by atoms with E-state index in [1.54, 1.807) is 29.8 Å². The zero-order chi connectivity index (χ0) is 17.9. The van der Waals surface area contributed by atoms with Crippen molar-refractivity contribution in [2.75, 3.05) is 0 Å². The first kappa shape index (κ1) is 17.9. The summed E-state index contributed by atoms with van der Waals surface area (Å²) in [6.45, 7) is 3.68. The first-order valence-corrected chi connectivity index (χ1v) is 8.10. The van der Waals surface area contributed by atoms with Crippen molar-refractivity contribution >= 4 is 23.7 Å². The summed E-state index contributed by atoms with van der Waals surface area (Å²) in [7, 11) is 1.69. The molecule has 0 saturated heterocycles. The fourth-order valence-corrected chi connectivity index (χ4v) is 3.09. The van der Waals surface area contributed by atoms with E-state index >= 15 is 0 Å². The monoisotopic (exact) mass is 351 g/mol. The van der Waals surface area contributed by atoms with Crippen LogP contribution in [0.15, 0.2) is 29.4 Å². The fraction of sp³-hybridized carbons (Fsp3) is 0.333. The third kappa shape index (κ3) is 3.91. The van der Waals surface area contributed by atoms with E-state index < -0.39 is 23.0 Å². The lowest BCUT2D eigenvalue weighted by molar-refractivity contribution is -0.120. The normalized spacial score (nSPS) is 12.2. The number of amides is 3. The minimum absolute atomic E-state index is 0.0806. The first-order valence-electron chi connectivity index (χ1n) is 7.22. The van der Waals surface area contributed by atoms with Crippen LogP contribution in [0, 0.1) is 11.7 Å². The van der Waals surface area contributed by atoms with Gasteiger partial charge in [0.2, 0.25) is 5.91 Å². The molecule has 2 rings (SSSR count). The molecule has 0 bridgehead atoms. The number of urea groups is 1. The van der Waals surface area contributed by atoms with Gasteiger partial charge < -0.3 is 10.3 Å². The van der Waals surface area contributed by atoms with Crippen molar-refractivity contribution in [3.63, 3.8) is 0 Å². The lowest BCUT2D eigenvalue weighted by Gasteiger charge is -2.18. The summed E-state index contributed by atoms with van der Waals surface area (Å²) in [5.41, 5.74) is 5.32. The lowest BCUT2D eigenvalue weighted by Crippen LogP contribution is -2.42. The molecular weight excluding hydrogens is 333 g/mol. The van der Waals surface area contributed by atoms with Crippen LogP contribution in [0.4, 0.5) is 9.18 Å². The standard InChI is InChI=1S/C15H18FN5O2S/c1-8(2)11(13(22)18-14(17)23)24-15-20-19-12(21(15)3)9-6-4-5-7-10(9)16/h4-8,11H,1-3H3,(H3,17,18,22,23). The smallest absolute Gasteiger partial charge is 0.318 e. The molecule has 3 amide bonds. The Hall–Kier alpha value is -2.42. The van der Waals surface area contributed by atoms with Crippen molar-refractivity contribution in [1.29, 1.82) is 0 Å². The van der Waals surface area contributed by atoms with Crippen molar-refractivity contribution < 1.29 is 14.0 Å². The predicted molar refractivity (Wildman–Crippen MR) is 88.6 cm³/mol. The molecule has 9 heteroatoms. The molecule has 0 saturated carbocycles. The Balaban J connectivity index is 2.28. The molecule has 2 aromatic rings. The summed E-state index contributed by atoms with van der Waals surface area (Å²) < 4.78 is 15.5. The number of benzene rings is 1. The van der Waals surface area contributed by atoms with Crippen LogP contribution >= 0.6 is 11.8 Å². The van der Waals surface area contributed by atoms with E-state index in [9.17, 15) is 14.0 Å². The van der Waals surface area contributed by atoms with Crippen LogP contribution < -0.4 is 11.1 Å². The molecule has 1 aromatic heterocycles. The highest BCUT2D eigenvalue weighted by atomic mass is 32.2. The summed E-state index contributed by atoms with van der Waals surface area (Å²) in [6, 6.07) is 5.34. The van der Waals surface area contributed by atoms with Crippen LogP contribution in [-0.2, 0) is 11.8 Å². The highest BCUT2D eigenvalue weighted by molar-refractivity contribution is 8.00. The molecule has 0 radical (unpaired) electrons. The van der Waals surface area contributed by atoms with E-state index in [-0.39, 0.29) is 5.92 Å². The maximum absolute atomic E-state index is 13.9. The Morgan fingerprint density at radius 3 is 2.54 bits per heavy atom. The van der Waals surface area contributed by atoms with E-state index in [2.05, 4.69) is 15.5 Å². The van der Waals surface area contributed by atoms with Gasteiger partial charge in [-0.15, -0.1) is 10.2 Å². The average Bonchev–Trinajstić information content (AvgIpc) is 2.85. The van der Waals surface area contributed by atoms with Crippen LogP contribution in [0.25, 0.3) is 11.4 Å². The second-order valence-corrected chi connectivity index (χ2v) is 6.59. The number of primary amides is 1. The third-order valence-corrected chi connectivity index (χ3v) is 4.87. The molecule has 1 heterocycles. The van der Waals surface area contributed by atoms with Crippen LogP contribution in [0.5, 0.6) is 0 Å². The van der Waals surface area contributed by atoms with Gasteiger partial charge in [0.15, 0.2) is 11.0 Å². The van der Waals surface area contributed by atoms with Crippen molar-refractivity contribution in [3.8, 4) is 11.4 Å². The number of nitrogens with two attached hydrogens (primary N) is 1. The number of carbonyl (C=O) groups is 2. The van der Waals surface area contributed by atoms with E-state index in [1.165, 1.54) is 6.07 Å². The Morgan fingerprint density at radius 2 is 1.96 bits per heavy atom. The summed E-state index contributed by atoms with van der Waals surface area (Å²) >= 11 is 1.14. The second kappa shape index (κ2) is 7.43. The van der Waals surface area contributed by atoms with Gasteiger partial charge in [-0.1, -0.05) is 37.7 Å². The highest BCUT2D eigenvalue weighted by Gasteiger charge is 2.27. The largest absolute Gasteiger partial charge is 0.351 e. The van der Waals surface area contributed by atoms with E-state index in [4.69, 9.17) is 5.73 Å². The number of thioether (sulfide) groups is 1. The highest BCUT2D eigenvalue weighted by Crippen LogP contribution is 2.30. The second-order valence-electron chi connectivity index (χ2n) is 5.48. The number of imide groups is 1. The molecule has 1 unspecified atom stereocenters. The molecule has 128 valence electrons. The molecule has 1 aromatic carbocycles. The van der Waals surface area contributed by atoms with Gasteiger partial charge in [0, 0.05) is 7.05 Å². The maximum atomic E-state index is 13.9. The van der Waals surface area contributed by atoms with Gasteiger partial charge in [-0.3, -0.25) is 10.1 Å². The van der Waals surface area contributed by atoms with Crippen molar-refractivity contribution in [3.05, 3.63) is 30.1 Å². The fourth-order valence-electron chi connectivity index (χ4n) is 2.09. The molecule has 24 heavy (non-hydrogen) atoms. The van der Waals surface area contributed by atoms with Gasteiger partial charge in [0.1, 0.15) is 5.82 Å². The molecule has 0 aliphatic heterocycles. The number of rotatable bonds is 5. The Bertz CT molecular complexity index is 762. The summed E-state index contributed by atoms with van der Waals surface area (Å²) in [6.07, 6.45) is 0. The first-order chi connectivity index (χ1) is 11.3. The van der Waals surface area contributed by atoms with E-state index in [0.29, 0.717) is 16.5 Å². The lowest BCUT2D eigenvalue weighted by atomic mass is 10.1. The van der Waals surface area contributed by atoms with Crippen molar-refractivity contribution in [2.45, 2.75) is 24.3 Å². The molecule has 0 aliphatic carbocycles. The SMILES string of the molecule is CC(C)C(Sc1nnc(-c2ccccc2F)n1C)C(=O)NC(N)=O. The Kier molecular flexibility index (Phi) is 5.55. The van der Waals surface area contributed by atoms with E-state index in [0.717, 1.165) is 11.8 Å². The van der Waals surface area contributed by atoms with Crippen LogP contribution in [0.2, 0.25) is 0 Å². The minimum Gasteiger partial charge on any atom is -0.351 e. The topological polar surface area (TPSA) is 103 Å². The minimum atomic E-state index is -0.906. The molecule has 7 nitrogen and oxygen atoms in total. The zero-order valence-electron chi connectivity index (χ0n) is 13.5. The van der Waals surface area contributed by atoms with Gasteiger partial charge in [-0.2, -0.15) is 0 Å². The number of nitrogens with one attached hydrogen (secondary N) is 1. The number of aromatic nitrogens is 3. The van der Waals surface area contributed by atoms with Crippen LogP contribution in [0.1, 0.15) is 13.8 Å². The molecule has 0 spiro atoms. The van der Waals surface area contributed by atoms with Crippen molar-refractivity contribution in [2.24, 2.45) is 18.7 Å². The van der Waals surface area contributed by atoms with Crippen LogP contribution in [-0.4, -0.2) is 32.0 Å². The number of carbonyl (C=O) groups excluding carboxylic acids is 2. The number of halogens is 1. The van der Waals surface area contributed by atoms with Crippen LogP contribution in [0.3, 0.4) is 0 Å². The number of hydrogen-bond donors (Lipinski definition) is 2. The summed E-state index contributed by atoms with van der Waals surface area (Å²) in [5, 5.41) is 9.96. The number of nitrogens with zero attached hydrogens (tertiary/aromatic N) is 3. The van der Waals surface area contributed by atoms with Crippen molar-refractivity contribution in [1.82, 2.24) is 20.1 Å². The number of hydrogen-bond acceptors (Lipinski definition) is 5. The molecule has 0 aliphatic rings. The van der Waals surface area contributed by atoms with Gasteiger partial charge in [0.25, 0.3) is 0 Å². The Morgan fingerprint density at radius 1 is 1.29 bits per heavy atom. The Labute approximate surface area is 142 Å². The molecule has 1 atom stereocenters. The third-order valence-electron chi connectivity index (χ3n) is 3.29. The summed E-state index contributed by atoms with van der Waals surface area (Å²) in [4.78, 5) is 23.0. The van der Waals surface area contributed by atoms with E-state index in [1.807, 2.05) is 13.8 Å². The van der Waals surface area contributed by atoms with Gasteiger partial charge >= 0.3 is 6.03 Å². The van der Waals surface area contributed by atoms with Gasteiger partial charge in [-0.05, 0) is 18.1 Å². The predicted octanol–water partition coefficient (Wildman–Crippen LogP) is 1.93. The molecular formula is C15H18FN5O2S. The zero-order valence-corrected chi connectivity index (χ0v) is 14.3. The van der Waals surface area contributed by atoms with Gasteiger partial charge in [0.05, 0.1) is 10.8 Å².